The smallest absolute Gasteiger partial charge is 0.236 e. The molecule has 0 saturated heterocycles. The van der Waals surface area contributed by atoms with Crippen molar-refractivity contribution in [2.45, 2.75) is 114 Å². The molecule has 16 aromatic rings. The van der Waals surface area contributed by atoms with Crippen LogP contribution in [0.4, 0.5) is 22.7 Å². The predicted molar refractivity (Wildman–Crippen MR) is 455 cm³/mol. The summed E-state index contributed by atoms with van der Waals surface area (Å²) < 4.78 is 10.2. The average Bonchev–Trinajstić information content (AvgIpc) is 1.70. The second kappa shape index (κ2) is 45.5. The number of hydrogen-bond donors (Lipinski definition) is 0. The van der Waals surface area contributed by atoms with Gasteiger partial charge in [-0.05, 0) is 123 Å². The number of para-hydroxylation sites is 3. The maximum atomic E-state index is 8.83. The number of fused-ring (bicyclic) bond motifs is 1. The summed E-state index contributed by atoms with van der Waals surface area (Å²) in [6, 6.07) is 91.7. The van der Waals surface area contributed by atoms with E-state index in [1.165, 1.54) is 0 Å². The van der Waals surface area contributed by atoms with Crippen molar-refractivity contribution >= 4 is 33.5 Å². The maximum Gasteiger partial charge on any atom is 0.236 e. The number of nitriles is 1. The second-order valence-electron chi connectivity index (χ2n) is 28.0. The average molecular weight is 2480 g/mol. The van der Waals surface area contributed by atoms with Gasteiger partial charge in [0.25, 0.3) is 0 Å². The Bertz CT molecular complexity index is 6300. The quantitative estimate of drug-likeness (QED) is 0.0886. The molecule has 11 aromatic carbocycles. The van der Waals surface area contributed by atoms with Crippen molar-refractivity contribution in [3.05, 3.63) is 363 Å². The molecule has 0 saturated carbocycles. The first-order valence-corrected chi connectivity index (χ1v) is 37.8. The van der Waals surface area contributed by atoms with Gasteiger partial charge in [-0.2, -0.15) is 36.4 Å². The Morgan fingerprint density at radius 3 is 1.42 bits per heavy atom. The molecule has 0 amide bonds. The molecule has 25 heteroatoms. The van der Waals surface area contributed by atoms with Gasteiger partial charge < -0.3 is 22.8 Å². The Kier molecular flexibility index (Phi) is 36.2. The van der Waals surface area contributed by atoms with Gasteiger partial charge in [0.05, 0.1) is 48.8 Å². The van der Waals surface area contributed by atoms with Crippen LogP contribution in [0.1, 0.15) is 130 Å². The zero-order valence-electron chi connectivity index (χ0n) is 68.2. The molecule has 0 aliphatic rings. The third-order valence-corrected chi connectivity index (χ3v) is 18.9. The minimum absolute atomic E-state index is 0. The number of aryl methyl sites for hydroxylation is 6. The molecule has 615 valence electrons. The van der Waals surface area contributed by atoms with Crippen molar-refractivity contribution in [2.24, 2.45) is 0 Å². The van der Waals surface area contributed by atoms with Crippen LogP contribution in [0.3, 0.4) is 0 Å². The molecule has 0 aliphatic heterocycles. The van der Waals surface area contributed by atoms with Gasteiger partial charge in [0.2, 0.25) is 5.69 Å². The summed E-state index contributed by atoms with van der Waals surface area (Å²) >= 11 is 0. The standard InChI is InChI=1S/C22H17N4.C22H23N4.2C18H15N4.C16H11N4.5Ir/c1-15(2)21-24-25-22(26(21)20-12-10-19(23-3)11-13-20)18-9-8-16-6-4-5-7-17(16)14-18;1-14(2)19-12-18(23-6)13-20(15(3)4)21(19)26-16(5)24-25-22(26)17-10-8-7-9-11-17;1-12-7-5-8-13(2)17(12)22-14(3)20-21-18(22)15-9-6-10-16(11-15)19-4;1-3-9-17-20-21-18(15-12-7-8-13-16(15)19-2)22(17)14-10-5-4-6-11-14;1-12-18-19-16(14-9-7-13(11-17)8-10-14)20(12)15-5-3-2-4-6-15;;;;;/h4-8,10-15H,1-2H3;7-10,12-15H,1-5H3;5-8,10-11H,1-3H3;4-8,10-11,13H,3,9H2,1H3;2-9H,1H3;;;;;/q5*-1;;;;;. The monoisotopic (exact) mass is 2480 g/mol. The summed E-state index contributed by atoms with van der Waals surface area (Å²) in [6.07, 6.45) is 1.82. The summed E-state index contributed by atoms with van der Waals surface area (Å²) in [5.41, 5.74) is 16.8. The zero-order valence-corrected chi connectivity index (χ0v) is 80.2. The third kappa shape index (κ3) is 22.4. The van der Waals surface area contributed by atoms with E-state index < -0.39 is 0 Å². The first-order chi connectivity index (χ1) is 56.4. The van der Waals surface area contributed by atoms with E-state index in [9.17, 15) is 0 Å². The van der Waals surface area contributed by atoms with E-state index in [0.29, 0.717) is 45.5 Å². The third-order valence-electron chi connectivity index (χ3n) is 18.9. The summed E-state index contributed by atoms with van der Waals surface area (Å²) in [7, 11) is 0. The first-order valence-electron chi connectivity index (χ1n) is 37.8. The fraction of sp³-hybridized carbons (Fsp3) is 0.177. The molecular weight excluding hydrogens is 2390 g/mol. The Hall–Kier alpha value is -11.9. The first kappa shape index (κ1) is 96.2. The van der Waals surface area contributed by atoms with Crippen molar-refractivity contribution in [3.63, 3.8) is 0 Å². The van der Waals surface area contributed by atoms with Crippen LogP contribution in [-0.4, -0.2) is 73.8 Å². The van der Waals surface area contributed by atoms with E-state index in [1.54, 1.807) is 42.5 Å². The van der Waals surface area contributed by atoms with E-state index in [4.69, 9.17) is 31.6 Å². The van der Waals surface area contributed by atoms with Gasteiger partial charge in [-0.15, -0.1) is 162 Å². The molecule has 0 atom stereocenters. The van der Waals surface area contributed by atoms with Gasteiger partial charge in [0.1, 0.15) is 41.4 Å². The summed E-state index contributed by atoms with van der Waals surface area (Å²) in [4.78, 5) is 14.2. The van der Waals surface area contributed by atoms with Crippen LogP contribution in [0.2, 0.25) is 0 Å². The minimum Gasteiger partial charge on any atom is -0.320 e. The van der Waals surface area contributed by atoms with Gasteiger partial charge in [0.15, 0.2) is 11.4 Å². The molecule has 0 aliphatic carbocycles. The van der Waals surface area contributed by atoms with Crippen LogP contribution in [0.25, 0.3) is 116 Å². The van der Waals surface area contributed by atoms with Gasteiger partial charge in [-0.25, -0.2) is 15.0 Å². The van der Waals surface area contributed by atoms with Crippen LogP contribution in [0.5, 0.6) is 0 Å². The Morgan fingerprint density at radius 1 is 0.372 bits per heavy atom. The summed E-state index contributed by atoms with van der Waals surface area (Å²) in [6.45, 7) is 54.0. The Balaban J connectivity index is 0.000000207. The van der Waals surface area contributed by atoms with Gasteiger partial charge in [-0.3, -0.25) is 4.85 Å². The fourth-order valence-corrected chi connectivity index (χ4v) is 13.3. The van der Waals surface area contributed by atoms with Crippen LogP contribution < -0.4 is 0 Å². The number of hydrogen-bond acceptors (Lipinski definition) is 11. The molecule has 5 radical (unpaired) electrons. The molecule has 20 nitrogen and oxygen atoms in total. The Morgan fingerprint density at radius 2 is 0.868 bits per heavy atom. The summed E-state index contributed by atoms with van der Waals surface area (Å²) in [5.74, 6) is 8.65. The topological polar surface area (TPSA) is 195 Å². The normalized spacial score (nSPS) is 10.2. The molecule has 0 fully saturated rings. The predicted octanol–water partition coefficient (Wildman–Crippen LogP) is 22.8. The fourth-order valence-electron chi connectivity index (χ4n) is 13.3. The SMILES string of the molecule is Cc1nnc(-c2[c-]cc(C#N)cc2)n1-c1ccccc1.[C-]#[N+]c1cc(C(C)C)c(-n2c(C)nnc2-c2[c-]cccc2)c(C(C)C)c1.[C-]#[N+]c1cc[c-]c(-c2nnc(C)n2-c2c(C)cccc2C)c1.[C-]#[N+]c1ccc(-n2c(-c3[c-]cc4ccccc4c3)nnc2C(C)C)cc1.[C-]#[N+]c1ccc[c-]c1-c1nnc(CCC)n1-c1ccccc1.[Ir].[Ir].[Ir].[Ir].[Ir]. The zero-order chi connectivity index (χ0) is 81.9. The largest absolute Gasteiger partial charge is 0.320 e. The molecule has 5 heterocycles. The molecular formula is C96H81Ir5N20-5. The van der Waals surface area contributed by atoms with Crippen molar-refractivity contribution in [1.29, 1.82) is 5.26 Å². The second-order valence-corrected chi connectivity index (χ2v) is 28.0. The molecule has 5 aromatic heterocycles. The van der Waals surface area contributed by atoms with Crippen LogP contribution in [-0.2, 0) is 107 Å². The van der Waals surface area contributed by atoms with E-state index in [2.05, 4.69) is 209 Å². The van der Waals surface area contributed by atoms with Crippen molar-refractivity contribution < 1.29 is 101 Å². The Labute approximate surface area is 774 Å². The molecule has 0 spiro atoms. The minimum atomic E-state index is 0. The molecule has 0 N–H and O–H groups in total. The van der Waals surface area contributed by atoms with Crippen molar-refractivity contribution in [1.82, 2.24) is 73.8 Å². The number of nitrogens with zero attached hydrogens (tertiary/aromatic N) is 20. The molecule has 16 rings (SSSR count). The molecule has 0 unspecified atom stereocenters. The van der Waals surface area contributed by atoms with E-state index >= 15 is 0 Å². The van der Waals surface area contributed by atoms with Crippen LogP contribution in [0.15, 0.2) is 231 Å². The van der Waals surface area contributed by atoms with Crippen LogP contribution in [0, 0.1) is 103 Å². The van der Waals surface area contributed by atoms with E-state index in [1.807, 2.05) is 192 Å². The molecule has 0 bridgehead atoms. The van der Waals surface area contributed by atoms with E-state index in [-0.39, 0.29) is 118 Å². The molecule has 121 heavy (non-hydrogen) atoms. The van der Waals surface area contributed by atoms with Gasteiger partial charge in [0, 0.05) is 147 Å². The maximum absolute atomic E-state index is 8.83. The number of rotatable bonds is 15. The number of aromatic nitrogens is 15. The van der Waals surface area contributed by atoms with Gasteiger partial charge >= 0.3 is 0 Å². The summed E-state index contributed by atoms with van der Waals surface area (Å²) in [5, 5.41) is 54.3. The van der Waals surface area contributed by atoms with Crippen LogP contribution >= 0.6 is 0 Å². The van der Waals surface area contributed by atoms with Gasteiger partial charge in [-0.1, -0.05) is 163 Å². The van der Waals surface area contributed by atoms with E-state index in [0.717, 1.165) is 143 Å². The number of benzene rings is 11. The van der Waals surface area contributed by atoms with Crippen molar-refractivity contribution in [2.75, 3.05) is 0 Å². The van der Waals surface area contributed by atoms with Crippen molar-refractivity contribution in [3.8, 4) is 91.4 Å².